The smallest absolute Gasteiger partial charge is 0.338 e. The van der Waals surface area contributed by atoms with E-state index in [1.54, 1.807) is 37.3 Å². The molecule has 0 unspecified atom stereocenters. The maximum absolute atomic E-state index is 14.0. The maximum atomic E-state index is 14.0. The van der Waals surface area contributed by atoms with Crippen molar-refractivity contribution in [1.29, 1.82) is 0 Å². The number of fused-ring (bicyclic) bond motifs is 1. The van der Waals surface area contributed by atoms with E-state index in [9.17, 15) is 14.0 Å². The van der Waals surface area contributed by atoms with Crippen molar-refractivity contribution in [3.8, 4) is 17.2 Å². The molecule has 0 amide bonds. The van der Waals surface area contributed by atoms with Crippen LogP contribution >= 0.6 is 11.3 Å². The minimum absolute atomic E-state index is 0.131. The van der Waals surface area contributed by atoms with Gasteiger partial charge in [0.2, 0.25) is 5.75 Å². The van der Waals surface area contributed by atoms with Crippen molar-refractivity contribution >= 4 is 29.1 Å². The van der Waals surface area contributed by atoms with Gasteiger partial charge in [0, 0.05) is 5.56 Å². The van der Waals surface area contributed by atoms with Crippen LogP contribution in [0.1, 0.15) is 29.7 Å². The molecule has 0 saturated carbocycles. The van der Waals surface area contributed by atoms with Gasteiger partial charge < -0.3 is 18.9 Å². The first-order chi connectivity index (χ1) is 19.9. The molecule has 1 atom stereocenters. The summed E-state index contributed by atoms with van der Waals surface area (Å²) in [6.45, 7) is 1.84. The second-order valence-corrected chi connectivity index (χ2v) is 9.95. The lowest BCUT2D eigenvalue weighted by Gasteiger charge is -2.25. The largest absolute Gasteiger partial charge is 0.493 e. The number of rotatable bonds is 8. The van der Waals surface area contributed by atoms with Gasteiger partial charge in [-0.05, 0) is 48.4 Å². The van der Waals surface area contributed by atoms with Crippen molar-refractivity contribution in [3.05, 3.63) is 114 Å². The molecule has 4 aromatic rings. The van der Waals surface area contributed by atoms with E-state index in [2.05, 4.69) is 0 Å². The van der Waals surface area contributed by atoms with Crippen LogP contribution in [0.4, 0.5) is 4.39 Å². The Morgan fingerprint density at radius 3 is 2.24 bits per heavy atom. The molecule has 1 aromatic heterocycles. The molecule has 10 heteroatoms. The van der Waals surface area contributed by atoms with Crippen LogP contribution in [-0.2, 0) is 9.53 Å². The number of nitrogens with zero attached hydrogens (tertiary/aromatic N) is 2. The lowest BCUT2D eigenvalue weighted by molar-refractivity contribution is -0.138. The van der Waals surface area contributed by atoms with E-state index in [1.807, 2.05) is 30.3 Å². The fourth-order valence-corrected chi connectivity index (χ4v) is 5.74. The van der Waals surface area contributed by atoms with Crippen molar-refractivity contribution in [1.82, 2.24) is 4.57 Å². The minimum Gasteiger partial charge on any atom is -0.493 e. The van der Waals surface area contributed by atoms with Gasteiger partial charge in [-0.3, -0.25) is 9.36 Å². The van der Waals surface area contributed by atoms with Gasteiger partial charge in [0.05, 0.1) is 49.8 Å². The molecule has 0 radical (unpaired) electrons. The van der Waals surface area contributed by atoms with E-state index in [4.69, 9.17) is 23.9 Å². The monoisotopic (exact) mass is 574 g/mol. The zero-order valence-corrected chi connectivity index (χ0v) is 23.7. The third kappa shape index (κ3) is 5.26. The molecule has 2 heterocycles. The third-order valence-corrected chi connectivity index (χ3v) is 7.53. The minimum atomic E-state index is -0.900. The second kappa shape index (κ2) is 11.8. The van der Waals surface area contributed by atoms with Gasteiger partial charge in [-0.15, -0.1) is 0 Å². The third-order valence-electron chi connectivity index (χ3n) is 6.54. The van der Waals surface area contributed by atoms with Crippen LogP contribution in [0.5, 0.6) is 17.2 Å². The molecule has 41 heavy (non-hydrogen) atoms. The molecule has 5 rings (SSSR count). The van der Waals surface area contributed by atoms with Crippen LogP contribution in [0.15, 0.2) is 82.1 Å². The van der Waals surface area contributed by atoms with Gasteiger partial charge >= 0.3 is 5.97 Å². The normalized spacial score (nSPS) is 14.8. The fourth-order valence-electron chi connectivity index (χ4n) is 4.74. The number of ether oxygens (including phenoxy) is 4. The first-order valence-corrected chi connectivity index (χ1v) is 13.6. The van der Waals surface area contributed by atoms with Gasteiger partial charge in [0.1, 0.15) is 5.82 Å². The number of methoxy groups -OCH3 is 3. The molecule has 0 bridgehead atoms. The Morgan fingerprint density at radius 1 is 1.00 bits per heavy atom. The van der Waals surface area contributed by atoms with E-state index in [0.717, 1.165) is 0 Å². The van der Waals surface area contributed by atoms with E-state index in [0.29, 0.717) is 49.0 Å². The molecule has 0 aliphatic carbocycles. The molecular formula is C31H27FN2O6S. The van der Waals surface area contributed by atoms with Crippen LogP contribution < -0.4 is 29.1 Å². The number of halogens is 1. The summed E-state index contributed by atoms with van der Waals surface area (Å²) >= 11 is 1.18. The summed E-state index contributed by atoms with van der Waals surface area (Å²) in [5, 5.41) is 0. The first kappa shape index (κ1) is 27.9. The van der Waals surface area contributed by atoms with E-state index >= 15 is 0 Å². The van der Waals surface area contributed by atoms with Gasteiger partial charge in [-0.25, -0.2) is 14.2 Å². The highest BCUT2D eigenvalue weighted by molar-refractivity contribution is 7.07. The number of hydrogen-bond donors (Lipinski definition) is 0. The molecule has 3 aromatic carbocycles. The quantitative estimate of drug-likeness (QED) is 0.295. The summed E-state index contributed by atoms with van der Waals surface area (Å²) in [6, 6.07) is 17.5. The highest BCUT2D eigenvalue weighted by Gasteiger charge is 2.35. The predicted molar refractivity (Wildman–Crippen MR) is 154 cm³/mol. The zero-order valence-electron chi connectivity index (χ0n) is 22.8. The number of esters is 1. The van der Waals surface area contributed by atoms with Crippen LogP contribution in [0.3, 0.4) is 0 Å². The van der Waals surface area contributed by atoms with E-state index < -0.39 is 17.8 Å². The number of benzene rings is 3. The Labute approximate surface area is 239 Å². The Morgan fingerprint density at radius 2 is 1.66 bits per heavy atom. The topological polar surface area (TPSA) is 88.4 Å². The molecule has 1 aliphatic heterocycles. The van der Waals surface area contributed by atoms with Crippen molar-refractivity contribution in [2.75, 3.05) is 27.9 Å². The predicted octanol–water partition coefficient (Wildman–Crippen LogP) is 4.10. The van der Waals surface area contributed by atoms with Gasteiger partial charge in [-0.1, -0.05) is 53.8 Å². The SMILES string of the molecule is CCOC(=O)C1=C(c2ccccc2)N=c2s/c(=C\c3cc(OC)c(OC)c(OC)c3)c(=O)n2[C@@H]1c1ccc(F)cc1. The molecule has 0 saturated heterocycles. The van der Waals surface area contributed by atoms with Crippen molar-refractivity contribution in [3.63, 3.8) is 0 Å². The summed E-state index contributed by atoms with van der Waals surface area (Å²) in [7, 11) is 4.54. The molecule has 0 spiro atoms. The highest BCUT2D eigenvalue weighted by atomic mass is 32.1. The Balaban J connectivity index is 1.81. The molecule has 8 nitrogen and oxygen atoms in total. The van der Waals surface area contributed by atoms with Crippen LogP contribution in [0.25, 0.3) is 11.8 Å². The van der Waals surface area contributed by atoms with Crippen LogP contribution in [0.2, 0.25) is 0 Å². The number of thiazole rings is 1. The number of carbonyl (C=O) groups excluding carboxylic acids is 1. The summed E-state index contributed by atoms with van der Waals surface area (Å²) in [6.07, 6.45) is 1.70. The van der Waals surface area contributed by atoms with Crippen LogP contribution in [-0.4, -0.2) is 38.5 Å². The van der Waals surface area contributed by atoms with Crippen molar-refractivity contribution in [2.45, 2.75) is 13.0 Å². The zero-order chi connectivity index (χ0) is 29.1. The standard InChI is InChI=1S/C31H27FN2O6S/c1-5-40-30(36)25-26(19-9-7-6-8-10-19)33-31-34(27(25)20-11-13-21(32)14-12-20)29(35)24(41-31)17-18-15-22(37-2)28(39-4)23(16-18)38-3/h6-17,27H,5H2,1-4H3/b24-17-/t27-/m1/s1. The molecule has 1 aliphatic rings. The van der Waals surface area contributed by atoms with Gasteiger partial charge in [0.25, 0.3) is 5.56 Å². The van der Waals surface area contributed by atoms with Gasteiger partial charge in [-0.2, -0.15) is 0 Å². The second-order valence-electron chi connectivity index (χ2n) is 8.94. The molecule has 210 valence electrons. The summed E-state index contributed by atoms with van der Waals surface area (Å²) in [5.74, 6) is 0.255. The van der Waals surface area contributed by atoms with Crippen molar-refractivity contribution in [2.24, 2.45) is 4.99 Å². The number of aromatic nitrogens is 1. The average Bonchev–Trinajstić information content (AvgIpc) is 3.30. The van der Waals surface area contributed by atoms with Crippen molar-refractivity contribution < 1.29 is 28.1 Å². The lowest BCUT2D eigenvalue weighted by Crippen LogP contribution is -2.40. The maximum Gasteiger partial charge on any atom is 0.338 e. The summed E-state index contributed by atoms with van der Waals surface area (Å²) in [5.41, 5.74) is 2.07. The Kier molecular flexibility index (Phi) is 8.02. The Hall–Kier alpha value is -4.70. The van der Waals surface area contributed by atoms with Crippen LogP contribution in [0, 0.1) is 5.82 Å². The molecular weight excluding hydrogens is 547 g/mol. The lowest BCUT2D eigenvalue weighted by atomic mass is 9.93. The first-order valence-electron chi connectivity index (χ1n) is 12.7. The number of carbonyl (C=O) groups is 1. The molecule has 0 N–H and O–H groups in total. The highest BCUT2D eigenvalue weighted by Crippen LogP contribution is 2.38. The molecule has 0 fully saturated rings. The average molecular weight is 575 g/mol. The number of hydrogen-bond acceptors (Lipinski definition) is 8. The van der Waals surface area contributed by atoms with E-state index in [-0.39, 0.29) is 17.7 Å². The van der Waals surface area contributed by atoms with Gasteiger partial charge in [0.15, 0.2) is 16.3 Å². The fraction of sp³-hybridized carbons (Fsp3) is 0.194. The summed E-state index contributed by atoms with van der Waals surface area (Å²) < 4.78 is 37.6. The Bertz CT molecular complexity index is 1790. The summed E-state index contributed by atoms with van der Waals surface area (Å²) in [4.78, 5) is 32.7. The van der Waals surface area contributed by atoms with E-state index in [1.165, 1.54) is 49.4 Å².